The lowest BCUT2D eigenvalue weighted by atomic mass is 10.3. The van der Waals surface area contributed by atoms with Crippen molar-refractivity contribution < 1.29 is 9.47 Å². The van der Waals surface area contributed by atoms with Gasteiger partial charge in [0.05, 0.1) is 0 Å². The van der Waals surface area contributed by atoms with Crippen molar-refractivity contribution in [2.45, 2.75) is 13.8 Å². The highest BCUT2D eigenvalue weighted by Gasteiger charge is 1.94. The molecule has 1 aromatic carbocycles. The maximum absolute atomic E-state index is 5.56. The topological polar surface area (TPSA) is 70.5 Å². The van der Waals surface area contributed by atoms with Crippen LogP contribution in [0.3, 0.4) is 0 Å². The predicted octanol–water partition coefficient (Wildman–Crippen LogP) is 3.23. The van der Waals surface area contributed by atoms with Crippen molar-refractivity contribution in [1.29, 1.82) is 0 Å². The molecule has 0 aromatic heterocycles. The Labute approximate surface area is 121 Å². The molecule has 1 rings (SSSR count). The molecular formula is C16H24N2O2. The Bertz CT molecular complexity index is 436. The van der Waals surface area contributed by atoms with E-state index < -0.39 is 0 Å². The monoisotopic (exact) mass is 276 g/mol. The van der Waals surface area contributed by atoms with Gasteiger partial charge in [0.25, 0.3) is 0 Å². The van der Waals surface area contributed by atoms with Crippen molar-refractivity contribution in [2.75, 3.05) is 18.9 Å². The Morgan fingerprint density at radius 1 is 1.10 bits per heavy atom. The van der Waals surface area contributed by atoms with Crippen molar-refractivity contribution in [2.24, 2.45) is 5.73 Å². The molecular weight excluding hydrogens is 252 g/mol. The molecule has 4 N–H and O–H groups in total. The highest BCUT2D eigenvalue weighted by molar-refractivity contribution is 5.41. The third-order valence-electron chi connectivity index (χ3n) is 2.00. The molecule has 0 bridgehead atoms. The van der Waals surface area contributed by atoms with Crippen LogP contribution in [0.25, 0.3) is 0 Å². The van der Waals surface area contributed by atoms with Gasteiger partial charge in [0.1, 0.15) is 24.7 Å². The van der Waals surface area contributed by atoms with Crippen LogP contribution < -0.4 is 16.2 Å². The van der Waals surface area contributed by atoms with Crippen molar-refractivity contribution in [3.8, 4) is 5.75 Å². The molecule has 0 unspecified atom stereocenters. The van der Waals surface area contributed by atoms with E-state index in [4.69, 9.17) is 20.9 Å². The Morgan fingerprint density at radius 3 is 2.25 bits per heavy atom. The summed E-state index contributed by atoms with van der Waals surface area (Å²) in [6.45, 7) is 12.1. The lowest BCUT2D eigenvalue weighted by molar-refractivity contribution is 0.165. The van der Waals surface area contributed by atoms with E-state index in [0.29, 0.717) is 30.4 Å². The minimum absolute atomic E-state index is 0.407. The number of nitrogens with two attached hydrogens (primary N) is 2. The van der Waals surface area contributed by atoms with Crippen molar-refractivity contribution in [3.05, 3.63) is 61.0 Å². The normalized spacial score (nSPS) is 9.50. The molecule has 0 fully saturated rings. The molecule has 0 radical (unpaired) electrons. The zero-order chi connectivity index (χ0) is 15.4. The van der Waals surface area contributed by atoms with Gasteiger partial charge in [-0.3, -0.25) is 0 Å². The Morgan fingerprint density at radius 2 is 1.70 bits per heavy atom. The average molecular weight is 276 g/mol. The van der Waals surface area contributed by atoms with Crippen molar-refractivity contribution in [1.82, 2.24) is 0 Å². The summed E-state index contributed by atoms with van der Waals surface area (Å²) >= 11 is 0. The minimum atomic E-state index is 0.407. The van der Waals surface area contributed by atoms with Gasteiger partial charge < -0.3 is 20.9 Å². The molecule has 0 saturated heterocycles. The molecule has 0 atom stereocenters. The highest BCUT2D eigenvalue weighted by atomic mass is 16.5. The summed E-state index contributed by atoms with van der Waals surface area (Å²) in [6, 6.07) is 7.18. The number of allylic oxidation sites excluding steroid dienone is 2. The summed E-state index contributed by atoms with van der Waals surface area (Å²) in [5.41, 5.74) is 12.1. The van der Waals surface area contributed by atoms with Crippen LogP contribution in [0.15, 0.2) is 61.0 Å². The fourth-order valence-corrected chi connectivity index (χ4v) is 1.14. The first-order valence-corrected chi connectivity index (χ1v) is 6.50. The zero-order valence-corrected chi connectivity index (χ0v) is 12.3. The minimum Gasteiger partial charge on any atom is -0.491 e. The van der Waals surface area contributed by atoms with Crippen LogP contribution >= 0.6 is 0 Å². The molecule has 0 amide bonds. The summed E-state index contributed by atoms with van der Waals surface area (Å²) in [7, 11) is 0. The summed E-state index contributed by atoms with van der Waals surface area (Å²) < 4.78 is 10.8. The molecule has 0 aliphatic heterocycles. The molecule has 20 heavy (non-hydrogen) atoms. The zero-order valence-electron chi connectivity index (χ0n) is 12.3. The Kier molecular flexibility index (Phi) is 9.31. The SMILES string of the molecule is C=C(N)/C=C\C(=C)OCCOc1ccc(N)cc1.CC. The number of ether oxygens (including phenoxy) is 2. The molecule has 0 heterocycles. The van der Waals surface area contributed by atoms with E-state index in [-0.39, 0.29) is 0 Å². The molecule has 4 nitrogen and oxygen atoms in total. The summed E-state index contributed by atoms with van der Waals surface area (Å²) in [5.74, 6) is 1.27. The first-order chi connectivity index (χ1) is 9.58. The van der Waals surface area contributed by atoms with E-state index in [1.165, 1.54) is 0 Å². The molecule has 4 heteroatoms. The standard InChI is InChI=1S/C14H18N2O2.C2H6/c1-11(15)3-4-12(2)17-9-10-18-14-7-5-13(16)6-8-14;1-2/h3-8H,1-2,9-10,15-16H2;1-2H3/b4-3-;. The summed E-state index contributed by atoms with van der Waals surface area (Å²) in [4.78, 5) is 0. The third-order valence-corrected chi connectivity index (χ3v) is 2.00. The number of nitrogen functional groups attached to an aromatic ring is 1. The molecule has 110 valence electrons. The molecule has 0 aliphatic rings. The smallest absolute Gasteiger partial charge is 0.122 e. The lowest BCUT2D eigenvalue weighted by Crippen LogP contribution is -2.05. The number of hydrogen-bond donors (Lipinski definition) is 2. The van der Waals surface area contributed by atoms with Crippen LogP contribution in [0.5, 0.6) is 5.75 Å². The average Bonchev–Trinajstić information content (AvgIpc) is 2.45. The van der Waals surface area contributed by atoms with Crippen LogP contribution in [0.2, 0.25) is 0 Å². The van der Waals surface area contributed by atoms with E-state index in [0.717, 1.165) is 5.75 Å². The van der Waals surface area contributed by atoms with Crippen molar-refractivity contribution in [3.63, 3.8) is 0 Å². The van der Waals surface area contributed by atoms with Gasteiger partial charge in [0, 0.05) is 11.4 Å². The third kappa shape index (κ3) is 8.69. The number of hydrogen-bond acceptors (Lipinski definition) is 4. The second-order valence-corrected chi connectivity index (χ2v) is 3.64. The molecule has 0 aliphatic carbocycles. The van der Waals surface area contributed by atoms with E-state index >= 15 is 0 Å². The second kappa shape index (κ2) is 10.6. The summed E-state index contributed by atoms with van der Waals surface area (Å²) in [6.07, 6.45) is 3.29. The van der Waals surface area contributed by atoms with Gasteiger partial charge in [-0.25, -0.2) is 0 Å². The first-order valence-electron chi connectivity index (χ1n) is 6.50. The second-order valence-electron chi connectivity index (χ2n) is 3.64. The largest absolute Gasteiger partial charge is 0.491 e. The van der Waals surface area contributed by atoms with Gasteiger partial charge in [-0.2, -0.15) is 0 Å². The van der Waals surface area contributed by atoms with Gasteiger partial charge in [-0.05, 0) is 36.4 Å². The van der Waals surface area contributed by atoms with Crippen LogP contribution in [0.4, 0.5) is 5.69 Å². The van der Waals surface area contributed by atoms with Crippen LogP contribution in [-0.2, 0) is 4.74 Å². The molecule has 0 spiro atoms. The number of anilines is 1. The van der Waals surface area contributed by atoms with Crippen LogP contribution in [0, 0.1) is 0 Å². The summed E-state index contributed by atoms with van der Waals surface area (Å²) in [5, 5.41) is 0. The maximum atomic E-state index is 5.56. The van der Waals surface area contributed by atoms with Gasteiger partial charge in [-0.1, -0.05) is 27.0 Å². The maximum Gasteiger partial charge on any atom is 0.122 e. The fraction of sp³-hybridized carbons (Fsp3) is 0.250. The molecule has 0 saturated carbocycles. The van der Waals surface area contributed by atoms with Gasteiger partial charge >= 0.3 is 0 Å². The predicted molar refractivity (Wildman–Crippen MR) is 85.3 cm³/mol. The quantitative estimate of drug-likeness (QED) is 0.347. The van der Waals surface area contributed by atoms with E-state index in [2.05, 4.69) is 13.2 Å². The lowest BCUT2D eigenvalue weighted by Gasteiger charge is -2.08. The van der Waals surface area contributed by atoms with E-state index in [1.54, 1.807) is 24.3 Å². The number of benzene rings is 1. The van der Waals surface area contributed by atoms with Gasteiger partial charge in [0.2, 0.25) is 0 Å². The van der Waals surface area contributed by atoms with Crippen LogP contribution in [-0.4, -0.2) is 13.2 Å². The van der Waals surface area contributed by atoms with Gasteiger partial charge in [0.15, 0.2) is 0 Å². The van der Waals surface area contributed by atoms with Crippen molar-refractivity contribution >= 4 is 5.69 Å². The number of rotatable bonds is 7. The highest BCUT2D eigenvalue weighted by Crippen LogP contribution is 2.12. The fourth-order valence-electron chi connectivity index (χ4n) is 1.14. The Hall–Kier alpha value is -2.36. The van der Waals surface area contributed by atoms with Crippen LogP contribution in [0.1, 0.15) is 13.8 Å². The first kappa shape index (κ1) is 17.6. The van der Waals surface area contributed by atoms with Gasteiger partial charge in [-0.15, -0.1) is 0 Å². The Balaban J connectivity index is 0.00000172. The molecule has 1 aromatic rings. The van der Waals surface area contributed by atoms with E-state index in [9.17, 15) is 0 Å². The van der Waals surface area contributed by atoms with E-state index in [1.807, 2.05) is 26.0 Å².